The first-order valence-corrected chi connectivity index (χ1v) is 10.4. The SMILES string of the molecule is C[C@@H]1O[C@@H](O[C@@H]2[C@@H](O)[C@@H](O[C@@H]3O[C@H](CO)[C@@H](O)[C@H](O)[C@H]3O)[C@@H](CO)O[C@H]2O)[C@H](O)[C@H](O)[C@H]1O. The van der Waals surface area contributed by atoms with Crippen LogP contribution in [-0.4, -0.2) is 156 Å². The summed E-state index contributed by atoms with van der Waals surface area (Å²) in [4.78, 5) is 0. The minimum Gasteiger partial charge on any atom is -0.394 e. The van der Waals surface area contributed by atoms with Gasteiger partial charge in [-0.05, 0) is 6.92 Å². The minimum atomic E-state index is -1.86. The number of hydrogen-bond acceptors (Lipinski definition) is 15. The maximum atomic E-state index is 10.8. The standard InChI is InChI=1S/C18H32O15/c1-4-7(21)9(23)11(25)17(29-4)33-15-13(27)14(6(3-20)30-16(15)28)32-18-12(26)10(24)8(22)5(2-19)31-18/h4-28H,2-3H2,1H3/t4-,5+,6+,7-,8+,9+,10-,11+,12+,13-,14-,15+,16+,17-,18-/m0/s1. The van der Waals surface area contributed by atoms with Crippen LogP contribution in [0.25, 0.3) is 0 Å². The Morgan fingerprint density at radius 1 is 0.545 bits per heavy atom. The monoisotopic (exact) mass is 488 g/mol. The Kier molecular flexibility index (Phi) is 8.99. The zero-order chi connectivity index (χ0) is 24.6. The molecule has 0 aliphatic carbocycles. The molecule has 0 radical (unpaired) electrons. The molecule has 15 heteroatoms. The molecule has 194 valence electrons. The lowest BCUT2D eigenvalue weighted by molar-refractivity contribution is -0.381. The van der Waals surface area contributed by atoms with E-state index < -0.39 is 105 Å². The van der Waals surface area contributed by atoms with Crippen LogP contribution in [0.15, 0.2) is 0 Å². The average molecular weight is 488 g/mol. The molecule has 0 aromatic heterocycles. The summed E-state index contributed by atoms with van der Waals surface area (Å²) in [6.45, 7) is -0.105. The fraction of sp³-hybridized carbons (Fsp3) is 1.00. The van der Waals surface area contributed by atoms with Crippen molar-refractivity contribution in [1.82, 2.24) is 0 Å². The fourth-order valence-electron chi connectivity index (χ4n) is 3.99. The van der Waals surface area contributed by atoms with Gasteiger partial charge < -0.3 is 74.7 Å². The predicted molar refractivity (Wildman–Crippen MR) is 99.8 cm³/mol. The fourth-order valence-corrected chi connectivity index (χ4v) is 3.99. The molecule has 15 atom stereocenters. The maximum Gasteiger partial charge on any atom is 0.187 e. The third kappa shape index (κ3) is 5.32. The second-order valence-corrected chi connectivity index (χ2v) is 8.32. The second kappa shape index (κ2) is 11.0. The van der Waals surface area contributed by atoms with Crippen molar-refractivity contribution in [3.05, 3.63) is 0 Å². The molecule has 3 heterocycles. The Morgan fingerprint density at radius 2 is 1.06 bits per heavy atom. The zero-order valence-electron chi connectivity index (χ0n) is 17.6. The van der Waals surface area contributed by atoms with Crippen molar-refractivity contribution in [2.45, 2.75) is 99.0 Å². The highest BCUT2D eigenvalue weighted by atomic mass is 16.8. The van der Waals surface area contributed by atoms with E-state index in [0.29, 0.717) is 0 Å². The van der Waals surface area contributed by atoms with Gasteiger partial charge in [-0.1, -0.05) is 0 Å². The Balaban J connectivity index is 1.75. The normalized spacial score (nSPS) is 53.7. The highest BCUT2D eigenvalue weighted by molar-refractivity contribution is 4.95. The van der Waals surface area contributed by atoms with Gasteiger partial charge in [-0.3, -0.25) is 0 Å². The molecule has 0 spiro atoms. The van der Waals surface area contributed by atoms with Crippen LogP contribution in [0, 0.1) is 0 Å². The van der Waals surface area contributed by atoms with Crippen LogP contribution in [-0.2, 0) is 23.7 Å². The second-order valence-electron chi connectivity index (χ2n) is 8.32. The van der Waals surface area contributed by atoms with Crippen LogP contribution in [0.2, 0.25) is 0 Å². The van der Waals surface area contributed by atoms with E-state index in [-0.39, 0.29) is 0 Å². The summed E-state index contributed by atoms with van der Waals surface area (Å²) in [6, 6.07) is 0. The zero-order valence-corrected chi connectivity index (χ0v) is 17.6. The van der Waals surface area contributed by atoms with E-state index in [1.54, 1.807) is 0 Å². The number of rotatable bonds is 6. The maximum absolute atomic E-state index is 10.8. The minimum absolute atomic E-state index is 0.730. The molecule has 3 saturated heterocycles. The van der Waals surface area contributed by atoms with Crippen LogP contribution in [0.5, 0.6) is 0 Å². The largest absolute Gasteiger partial charge is 0.394 e. The summed E-state index contributed by atoms with van der Waals surface area (Å²) in [5, 5.41) is 99.8. The molecule has 0 saturated carbocycles. The van der Waals surface area contributed by atoms with Gasteiger partial charge in [0.2, 0.25) is 0 Å². The highest BCUT2D eigenvalue weighted by Crippen LogP contribution is 2.32. The smallest absolute Gasteiger partial charge is 0.187 e. The quantitative estimate of drug-likeness (QED) is 0.167. The predicted octanol–water partition coefficient (Wildman–Crippen LogP) is -6.55. The van der Waals surface area contributed by atoms with Gasteiger partial charge >= 0.3 is 0 Å². The van der Waals surface area contributed by atoms with Gasteiger partial charge in [-0.2, -0.15) is 0 Å². The molecule has 0 amide bonds. The molecule has 0 aromatic rings. The summed E-state index contributed by atoms with van der Waals surface area (Å²) in [5.74, 6) is 0. The van der Waals surface area contributed by atoms with E-state index >= 15 is 0 Å². The molecule has 10 N–H and O–H groups in total. The van der Waals surface area contributed by atoms with Crippen LogP contribution >= 0.6 is 0 Å². The molecule has 0 aromatic carbocycles. The molecular formula is C18H32O15. The Hall–Kier alpha value is -0.600. The van der Waals surface area contributed by atoms with Gasteiger partial charge in [-0.25, -0.2) is 0 Å². The number of hydrogen-bond donors (Lipinski definition) is 10. The van der Waals surface area contributed by atoms with Gasteiger partial charge in [0.15, 0.2) is 18.9 Å². The van der Waals surface area contributed by atoms with Crippen LogP contribution in [0.3, 0.4) is 0 Å². The van der Waals surface area contributed by atoms with Crippen molar-refractivity contribution < 1.29 is 74.7 Å². The van der Waals surface area contributed by atoms with E-state index in [0.717, 1.165) is 0 Å². The summed E-state index contributed by atoms with van der Waals surface area (Å²) in [7, 11) is 0. The van der Waals surface area contributed by atoms with E-state index in [9.17, 15) is 51.1 Å². The van der Waals surface area contributed by atoms with Gasteiger partial charge in [0, 0.05) is 0 Å². The molecule has 15 nitrogen and oxygen atoms in total. The van der Waals surface area contributed by atoms with Crippen molar-refractivity contribution in [3.8, 4) is 0 Å². The lowest BCUT2D eigenvalue weighted by Gasteiger charge is -2.47. The third-order valence-corrected chi connectivity index (χ3v) is 6.05. The number of aliphatic hydroxyl groups excluding tert-OH is 10. The highest BCUT2D eigenvalue weighted by Gasteiger charge is 2.53. The summed E-state index contributed by atoms with van der Waals surface area (Å²) in [5.41, 5.74) is 0. The van der Waals surface area contributed by atoms with Crippen molar-refractivity contribution >= 4 is 0 Å². The van der Waals surface area contributed by atoms with E-state index in [2.05, 4.69) is 0 Å². The topological polar surface area (TPSA) is 248 Å². The molecule has 0 bridgehead atoms. The van der Waals surface area contributed by atoms with Gasteiger partial charge in [0.05, 0.1) is 19.3 Å². The van der Waals surface area contributed by atoms with Crippen molar-refractivity contribution in [2.75, 3.05) is 13.2 Å². The van der Waals surface area contributed by atoms with Crippen LogP contribution in [0.1, 0.15) is 6.92 Å². The van der Waals surface area contributed by atoms with E-state index in [1.807, 2.05) is 0 Å². The summed E-state index contributed by atoms with van der Waals surface area (Å²) >= 11 is 0. The van der Waals surface area contributed by atoms with Gasteiger partial charge in [-0.15, -0.1) is 0 Å². The molecule has 3 rings (SSSR count). The van der Waals surface area contributed by atoms with Gasteiger partial charge in [0.25, 0.3) is 0 Å². The molecule has 33 heavy (non-hydrogen) atoms. The van der Waals surface area contributed by atoms with Crippen molar-refractivity contribution in [2.24, 2.45) is 0 Å². The Labute approximate surface area is 187 Å². The Bertz CT molecular complexity index is 624. The summed E-state index contributed by atoms with van der Waals surface area (Å²) < 4.78 is 26.6. The first kappa shape index (κ1) is 27.0. The first-order chi connectivity index (χ1) is 15.5. The molecule has 3 aliphatic rings. The number of aliphatic hydroxyl groups is 10. The lowest BCUT2D eigenvalue weighted by atomic mass is 9.96. The van der Waals surface area contributed by atoms with Gasteiger partial charge in [0.1, 0.15) is 67.1 Å². The lowest BCUT2D eigenvalue weighted by Crippen LogP contribution is -2.66. The molecule has 3 fully saturated rings. The average Bonchev–Trinajstić information content (AvgIpc) is 2.79. The molecule has 3 aliphatic heterocycles. The first-order valence-electron chi connectivity index (χ1n) is 10.4. The van der Waals surface area contributed by atoms with E-state index in [1.165, 1.54) is 6.92 Å². The van der Waals surface area contributed by atoms with E-state index in [4.69, 9.17) is 23.7 Å². The summed E-state index contributed by atoms with van der Waals surface area (Å²) in [6.07, 6.45) is -23.9. The van der Waals surface area contributed by atoms with Crippen LogP contribution in [0.4, 0.5) is 0 Å². The number of ether oxygens (including phenoxy) is 5. The van der Waals surface area contributed by atoms with Crippen LogP contribution < -0.4 is 0 Å². The molecular weight excluding hydrogens is 456 g/mol. The third-order valence-electron chi connectivity index (χ3n) is 6.05. The van der Waals surface area contributed by atoms with Crippen molar-refractivity contribution in [1.29, 1.82) is 0 Å². The Morgan fingerprint density at radius 3 is 1.64 bits per heavy atom. The molecule has 0 unspecified atom stereocenters. The van der Waals surface area contributed by atoms with Crippen molar-refractivity contribution in [3.63, 3.8) is 0 Å².